The van der Waals surface area contributed by atoms with Gasteiger partial charge in [-0.2, -0.15) is 13.2 Å². The molecule has 2 heterocycles. The van der Waals surface area contributed by atoms with Crippen molar-refractivity contribution in [2.24, 2.45) is 0 Å². The molecule has 0 bridgehead atoms. The number of halogens is 3. The first kappa shape index (κ1) is 16.6. The monoisotopic (exact) mass is 378 g/mol. The topological polar surface area (TPSA) is 121 Å². The van der Waals surface area contributed by atoms with Crippen LogP contribution in [-0.4, -0.2) is 25.3 Å². The van der Waals surface area contributed by atoms with Crippen LogP contribution in [0, 0.1) is 20.2 Å². The summed E-state index contributed by atoms with van der Waals surface area (Å²) in [5, 5.41) is 22.5. The Balaban J connectivity index is 2.11. The lowest BCUT2D eigenvalue weighted by Crippen LogP contribution is -2.11. The van der Waals surface area contributed by atoms with Crippen molar-refractivity contribution in [2.75, 3.05) is 0 Å². The molecule has 3 aromatic rings. The highest BCUT2D eigenvalue weighted by Crippen LogP contribution is 2.43. The molecule has 27 heavy (non-hydrogen) atoms. The fourth-order valence-electron chi connectivity index (χ4n) is 3.08. The van der Waals surface area contributed by atoms with Gasteiger partial charge in [0.2, 0.25) is 0 Å². The molecule has 0 N–H and O–H groups in total. The molecule has 1 aliphatic rings. The van der Waals surface area contributed by atoms with Crippen LogP contribution in [0.2, 0.25) is 0 Å². The van der Waals surface area contributed by atoms with Crippen molar-refractivity contribution in [1.29, 1.82) is 0 Å². The van der Waals surface area contributed by atoms with Crippen molar-refractivity contribution in [3.63, 3.8) is 0 Å². The molecule has 2 aromatic carbocycles. The highest BCUT2D eigenvalue weighted by molar-refractivity contribution is 6.16. The van der Waals surface area contributed by atoms with Crippen LogP contribution < -0.4 is 0 Å². The third-order valence-corrected chi connectivity index (χ3v) is 4.15. The first-order valence-corrected chi connectivity index (χ1v) is 7.22. The predicted molar refractivity (Wildman–Crippen MR) is 83.2 cm³/mol. The maximum atomic E-state index is 13.0. The number of hydrogen-bond acceptors (Lipinski definition) is 6. The smallest absolute Gasteiger partial charge is 0.268 e. The Bertz CT molecular complexity index is 1200. The van der Waals surface area contributed by atoms with Crippen LogP contribution >= 0.6 is 0 Å². The van der Waals surface area contributed by atoms with Crippen molar-refractivity contribution in [1.82, 2.24) is 9.55 Å². The zero-order chi connectivity index (χ0) is 19.7. The number of hydrogen-bond donors (Lipinski definition) is 0. The van der Waals surface area contributed by atoms with E-state index in [4.69, 9.17) is 0 Å². The van der Waals surface area contributed by atoms with Gasteiger partial charge in [0.05, 0.1) is 20.9 Å². The van der Waals surface area contributed by atoms with Gasteiger partial charge in [0.15, 0.2) is 5.52 Å². The van der Waals surface area contributed by atoms with Gasteiger partial charge in [-0.25, -0.2) is 4.98 Å². The zero-order valence-corrected chi connectivity index (χ0v) is 12.9. The molecule has 136 valence electrons. The number of nitro benzene ring substituents is 2. The molecule has 0 spiro atoms. The Morgan fingerprint density at radius 2 is 1.70 bits per heavy atom. The van der Waals surface area contributed by atoms with Gasteiger partial charge in [-0.1, -0.05) is 6.07 Å². The van der Waals surface area contributed by atoms with Gasteiger partial charge in [-0.15, -0.1) is 0 Å². The highest BCUT2D eigenvalue weighted by atomic mass is 19.4. The molecular formula is C15H5F3N4O5. The molecule has 0 unspecified atom stereocenters. The molecular weight excluding hydrogens is 373 g/mol. The summed E-state index contributed by atoms with van der Waals surface area (Å²) in [6.07, 6.45) is -4.85. The second-order valence-corrected chi connectivity index (χ2v) is 5.65. The average molecular weight is 378 g/mol. The van der Waals surface area contributed by atoms with Crippen LogP contribution in [-0.2, 0) is 6.18 Å². The van der Waals surface area contributed by atoms with Crippen LogP contribution in [0.5, 0.6) is 0 Å². The van der Waals surface area contributed by atoms with Gasteiger partial charge < -0.3 is 0 Å². The highest BCUT2D eigenvalue weighted by Gasteiger charge is 2.40. The van der Waals surface area contributed by atoms with E-state index >= 15 is 0 Å². The predicted octanol–water partition coefficient (Wildman–Crippen LogP) is 3.54. The molecule has 0 fully saturated rings. The molecule has 0 atom stereocenters. The molecule has 0 amide bonds. The lowest BCUT2D eigenvalue weighted by Gasteiger charge is -2.07. The third-order valence-electron chi connectivity index (χ3n) is 4.15. The average Bonchev–Trinajstić information content (AvgIpc) is 3.09. The summed E-state index contributed by atoms with van der Waals surface area (Å²) in [5.74, 6) is -1.14. The van der Waals surface area contributed by atoms with Crippen molar-refractivity contribution < 1.29 is 27.8 Å². The minimum Gasteiger partial charge on any atom is -0.268 e. The Kier molecular flexibility index (Phi) is 3.14. The molecule has 1 aliphatic heterocycles. The summed E-state index contributed by atoms with van der Waals surface area (Å²) in [4.78, 5) is 37.3. The number of carbonyl (C=O) groups excluding carboxylic acids is 1. The van der Waals surface area contributed by atoms with E-state index in [0.29, 0.717) is 12.1 Å². The van der Waals surface area contributed by atoms with Crippen LogP contribution in [0.15, 0.2) is 30.3 Å². The van der Waals surface area contributed by atoms with Crippen molar-refractivity contribution in [3.05, 3.63) is 61.7 Å². The molecule has 0 saturated heterocycles. The number of alkyl halides is 3. The molecule has 0 radical (unpaired) electrons. The number of fused-ring (bicyclic) bond motifs is 5. The van der Waals surface area contributed by atoms with Gasteiger partial charge in [-0.05, 0) is 12.1 Å². The van der Waals surface area contributed by atoms with Crippen molar-refractivity contribution in [3.8, 4) is 11.4 Å². The number of nitrogens with zero attached hydrogens (tertiary/aromatic N) is 4. The van der Waals surface area contributed by atoms with Gasteiger partial charge in [0, 0.05) is 17.7 Å². The summed E-state index contributed by atoms with van der Waals surface area (Å²) >= 11 is 0. The normalized spacial score (nSPS) is 12.9. The molecule has 1 aromatic heterocycles. The largest absolute Gasteiger partial charge is 0.416 e. The summed E-state index contributed by atoms with van der Waals surface area (Å²) in [5.41, 5.74) is -3.93. The molecule has 0 saturated carbocycles. The van der Waals surface area contributed by atoms with E-state index in [0.717, 1.165) is 10.6 Å². The van der Waals surface area contributed by atoms with Gasteiger partial charge in [0.25, 0.3) is 17.3 Å². The van der Waals surface area contributed by atoms with Crippen LogP contribution in [0.1, 0.15) is 15.9 Å². The van der Waals surface area contributed by atoms with Crippen LogP contribution in [0.3, 0.4) is 0 Å². The number of imidazole rings is 1. The second-order valence-electron chi connectivity index (χ2n) is 5.65. The maximum absolute atomic E-state index is 13.0. The molecule has 12 heteroatoms. The third kappa shape index (κ3) is 2.19. The van der Waals surface area contributed by atoms with E-state index in [2.05, 4.69) is 4.98 Å². The zero-order valence-electron chi connectivity index (χ0n) is 12.9. The summed E-state index contributed by atoms with van der Waals surface area (Å²) in [6.45, 7) is 0. The van der Waals surface area contributed by atoms with Crippen molar-refractivity contribution >= 4 is 28.3 Å². The van der Waals surface area contributed by atoms with E-state index in [-0.39, 0.29) is 17.0 Å². The molecule has 0 aliphatic carbocycles. The number of aromatic nitrogens is 2. The Labute approximate surface area is 145 Å². The number of benzene rings is 2. The summed E-state index contributed by atoms with van der Waals surface area (Å²) in [7, 11) is 0. The second kappa shape index (κ2) is 5.09. The first-order valence-electron chi connectivity index (χ1n) is 7.22. The van der Waals surface area contributed by atoms with E-state index in [1.165, 1.54) is 12.1 Å². The number of non-ortho nitro benzene ring substituents is 1. The van der Waals surface area contributed by atoms with Gasteiger partial charge >= 0.3 is 6.18 Å². The number of rotatable bonds is 2. The fourth-order valence-corrected chi connectivity index (χ4v) is 3.08. The van der Waals surface area contributed by atoms with E-state index in [9.17, 15) is 38.2 Å². The standard InChI is InChI=1S/C15H5F3N4O5/c16-15(17,18)6-4-8-12(10(5-6)22(26)27)20-13(19-8)7-2-1-3-9(21(24)25)11(7)14(20)23/h1-5H. The van der Waals surface area contributed by atoms with Crippen molar-refractivity contribution in [2.45, 2.75) is 6.18 Å². The quantitative estimate of drug-likeness (QED) is 0.388. The van der Waals surface area contributed by atoms with Crippen LogP contribution in [0.25, 0.3) is 22.4 Å². The van der Waals surface area contributed by atoms with E-state index in [1.54, 1.807) is 0 Å². The lowest BCUT2D eigenvalue weighted by molar-refractivity contribution is -0.385. The Hall–Kier alpha value is -3.83. The van der Waals surface area contributed by atoms with Crippen LogP contribution in [0.4, 0.5) is 24.5 Å². The SMILES string of the molecule is O=C1c2c(cccc2[N+](=O)[O-])-c2nc3cc(C(F)(F)F)cc([N+](=O)[O-])c3n21. The summed E-state index contributed by atoms with van der Waals surface area (Å²) in [6, 6.07) is 4.61. The maximum Gasteiger partial charge on any atom is 0.416 e. The first-order chi connectivity index (χ1) is 12.6. The fraction of sp³-hybridized carbons (Fsp3) is 0.0667. The van der Waals surface area contributed by atoms with Gasteiger partial charge in [0.1, 0.15) is 11.4 Å². The van der Waals surface area contributed by atoms with Gasteiger partial charge in [-0.3, -0.25) is 29.6 Å². The Morgan fingerprint density at radius 1 is 1.04 bits per heavy atom. The number of nitro groups is 2. The van der Waals surface area contributed by atoms with E-state index in [1.807, 2.05) is 0 Å². The lowest BCUT2D eigenvalue weighted by atomic mass is 10.1. The molecule has 9 nitrogen and oxygen atoms in total. The van der Waals surface area contributed by atoms with E-state index < -0.39 is 49.9 Å². The minimum absolute atomic E-state index is 0.0215. The minimum atomic E-state index is -4.85. The molecule has 4 rings (SSSR count). The number of carbonyl (C=O) groups is 1. The summed E-state index contributed by atoms with van der Waals surface area (Å²) < 4.78 is 39.8. The Morgan fingerprint density at radius 3 is 2.30 bits per heavy atom.